The van der Waals surface area contributed by atoms with Crippen LogP contribution in [0, 0.1) is 0 Å². The molecule has 3 rings (SSSR count). The van der Waals surface area contributed by atoms with Gasteiger partial charge in [-0.1, -0.05) is 18.2 Å². The molecule has 9 heteroatoms. The molecule has 0 bridgehead atoms. The highest BCUT2D eigenvalue weighted by Crippen LogP contribution is 2.19. The molecule has 0 aliphatic carbocycles. The van der Waals surface area contributed by atoms with Crippen LogP contribution in [0.3, 0.4) is 0 Å². The number of imidazole rings is 1. The van der Waals surface area contributed by atoms with E-state index in [9.17, 15) is 19.2 Å². The van der Waals surface area contributed by atoms with E-state index in [0.717, 1.165) is 4.57 Å². The number of carbonyl (C=O) groups is 3. The second-order valence-corrected chi connectivity index (χ2v) is 6.12. The molecule has 2 aromatic carbocycles. The minimum atomic E-state index is -1.07. The normalized spacial score (nSPS) is 10.6. The van der Waals surface area contributed by atoms with Crippen LogP contribution in [0.4, 0.5) is 16.2 Å². The van der Waals surface area contributed by atoms with E-state index >= 15 is 0 Å². The number of fused-ring (bicyclic) bond motifs is 1. The number of aliphatic carboxylic acids is 1. The van der Waals surface area contributed by atoms with Crippen LogP contribution in [0.15, 0.2) is 53.3 Å². The van der Waals surface area contributed by atoms with E-state index in [-0.39, 0.29) is 12.8 Å². The lowest BCUT2D eigenvalue weighted by Gasteiger charge is -2.07. The van der Waals surface area contributed by atoms with Gasteiger partial charge < -0.3 is 15.7 Å². The number of carboxylic acids is 1. The first-order valence-corrected chi connectivity index (χ1v) is 8.46. The number of aromatic nitrogens is 2. The van der Waals surface area contributed by atoms with Crippen molar-refractivity contribution in [2.75, 3.05) is 10.6 Å². The molecule has 9 nitrogen and oxygen atoms in total. The fourth-order valence-corrected chi connectivity index (χ4v) is 2.76. The molecule has 3 aromatic rings. The second kappa shape index (κ2) is 7.78. The van der Waals surface area contributed by atoms with Gasteiger partial charge in [-0.3, -0.25) is 14.2 Å². The van der Waals surface area contributed by atoms with Crippen LogP contribution in [0.1, 0.15) is 12.8 Å². The average Bonchev–Trinajstić information content (AvgIpc) is 2.91. The summed E-state index contributed by atoms with van der Waals surface area (Å²) in [7, 11) is 1.54. The zero-order valence-electron chi connectivity index (χ0n) is 15.0. The lowest BCUT2D eigenvalue weighted by atomic mass is 10.2. The molecule has 2 amide bonds. The third-order valence-electron chi connectivity index (χ3n) is 4.13. The average molecular weight is 382 g/mol. The highest BCUT2D eigenvalue weighted by molar-refractivity contribution is 5.99. The molecule has 0 unspecified atom stereocenters. The van der Waals surface area contributed by atoms with Crippen molar-refractivity contribution in [2.45, 2.75) is 12.8 Å². The summed E-state index contributed by atoms with van der Waals surface area (Å²) in [5.74, 6) is -1.54. The number of nitrogens with zero attached hydrogens (tertiary/aromatic N) is 2. The minimum absolute atomic E-state index is 0.177. The van der Waals surface area contributed by atoms with Crippen molar-refractivity contribution in [2.24, 2.45) is 7.05 Å². The lowest BCUT2D eigenvalue weighted by molar-refractivity contribution is -0.138. The van der Waals surface area contributed by atoms with Gasteiger partial charge in [-0.05, 0) is 30.3 Å². The Morgan fingerprint density at radius 2 is 1.64 bits per heavy atom. The summed E-state index contributed by atoms with van der Waals surface area (Å²) in [5, 5.41) is 13.9. The fourth-order valence-electron chi connectivity index (χ4n) is 2.76. The summed E-state index contributed by atoms with van der Waals surface area (Å²) in [6.45, 7) is 0. The van der Waals surface area contributed by atoms with E-state index in [1.165, 1.54) is 10.6 Å². The quantitative estimate of drug-likeness (QED) is 0.624. The summed E-state index contributed by atoms with van der Waals surface area (Å²) < 4.78 is 2.31. The Balaban J connectivity index is 1.92. The van der Waals surface area contributed by atoms with Crippen molar-refractivity contribution < 1.29 is 19.5 Å². The SMILES string of the molecule is Cn1c(=O)n(C(=O)Nc2ccccc2)c2cc(NC(=O)CCC(=O)O)ccc21. The van der Waals surface area contributed by atoms with Gasteiger partial charge >= 0.3 is 17.7 Å². The summed E-state index contributed by atoms with van der Waals surface area (Å²) in [6, 6.07) is 12.8. The first-order valence-electron chi connectivity index (χ1n) is 8.46. The van der Waals surface area contributed by atoms with Crippen molar-refractivity contribution in [1.29, 1.82) is 0 Å². The predicted molar refractivity (Wildman–Crippen MR) is 104 cm³/mol. The van der Waals surface area contributed by atoms with Crippen LogP contribution in [-0.4, -0.2) is 32.1 Å². The van der Waals surface area contributed by atoms with Crippen LogP contribution in [0.2, 0.25) is 0 Å². The van der Waals surface area contributed by atoms with Gasteiger partial charge in [-0.15, -0.1) is 0 Å². The number of carbonyl (C=O) groups excluding carboxylic acids is 2. The van der Waals surface area contributed by atoms with E-state index < -0.39 is 23.6 Å². The summed E-state index contributed by atoms with van der Waals surface area (Å²) in [4.78, 5) is 47.6. The molecule has 28 heavy (non-hydrogen) atoms. The van der Waals surface area contributed by atoms with Crippen LogP contribution < -0.4 is 16.3 Å². The van der Waals surface area contributed by atoms with Crippen molar-refractivity contribution >= 4 is 40.3 Å². The first kappa shape index (κ1) is 18.9. The van der Waals surface area contributed by atoms with Gasteiger partial charge in [0.25, 0.3) is 0 Å². The molecule has 0 saturated carbocycles. The van der Waals surface area contributed by atoms with E-state index in [4.69, 9.17) is 5.11 Å². The van der Waals surface area contributed by atoms with Crippen molar-refractivity contribution in [3.8, 4) is 0 Å². The van der Waals surface area contributed by atoms with Gasteiger partial charge in [-0.2, -0.15) is 0 Å². The molecule has 1 aromatic heterocycles. The first-order chi connectivity index (χ1) is 13.4. The van der Waals surface area contributed by atoms with E-state index in [1.54, 1.807) is 49.5 Å². The molecule has 0 radical (unpaired) electrons. The van der Waals surface area contributed by atoms with E-state index in [2.05, 4.69) is 10.6 Å². The largest absolute Gasteiger partial charge is 0.481 e. The summed E-state index contributed by atoms with van der Waals surface area (Å²) >= 11 is 0. The summed E-state index contributed by atoms with van der Waals surface area (Å²) in [5.41, 5.74) is 1.19. The predicted octanol–water partition coefficient (Wildman–Crippen LogP) is 2.22. The highest BCUT2D eigenvalue weighted by atomic mass is 16.4. The fraction of sp³-hybridized carbons (Fsp3) is 0.158. The number of aryl methyl sites for hydroxylation is 1. The van der Waals surface area contributed by atoms with Crippen molar-refractivity contribution in [1.82, 2.24) is 9.13 Å². The number of amides is 2. The molecule has 144 valence electrons. The van der Waals surface area contributed by atoms with E-state index in [1.807, 2.05) is 0 Å². The molecule has 0 aliphatic rings. The smallest absolute Gasteiger partial charge is 0.337 e. The van der Waals surface area contributed by atoms with Crippen LogP contribution >= 0.6 is 0 Å². The number of nitrogens with one attached hydrogen (secondary N) is 2. The molecule has 0 spiro atoms. The zero-order valence-corrected chi connectivity index (χ0v) is 15.0. The molecule has 1 heterocycles. The third kappa shape index (κ3) is 3.93. The zero-order chi connectivity index (χ0) is 20.3. The van der Waals surface area contributed by atoms with Crippen LogP contribution in [0.5, 0.6) is 0 Å². The number of hydrogen-bond acceptors (Lipinski definition) is 4. The van der Waals surface area contributed by atoms with Gasteiger partial charge in [0.15, 0.2) is 0 Å². The molecular formula is C19H18N4O5. The number of benzene rings is 2. The Kier molecular flexibility index (Phi) is 5.25. The lowest BCUT2D eigenvalue weighted by Crippen LogP contribution is -2.31. The van der Waals surface area contributed by atoms with Crippen molar-refractivity contribution in [3.05, 3.63) is 59.0 Å². The Hall–Kier alpha value is -3.88. The number of anilines is 2. The maximum atomic E-state index is 12.7. The topological polar surface area (TPSA) is 122 Å². The van der Waals surface area contributed by atoms with Gasteiger partial charge in [0, 0.05) is 24.8 Å². The Morgan fingerprint density at radius 1 is 0.929 bits per heavy atom. The highest BCUT2D eigenvalue weighted by Gasteiger charge is 2.18. The number of rotatable bonds is 5. The molecule has 0 saturated heterocycles. The number of hydrogen-bond donors (Lipinski definition) is 3. The van der Waals surface area contributed by atoms with Crippen LogP contribution in [-0.2, 0) is 16.6 Å². The Labute approximate surface area is 159 Å². The molecule has 0 aliphatic heterocycles. The van der Waals surface area contributed by atoms with Crippen molar-refractivity contribution in [3.63, 3.8) is 0 Å². The number of para-hydroxylation sites is 1. The molecule has 0 atom stereocenters. The maximum absolute atomic E-state index is 12.7. The standard InChI is InChI=1S/C19H18N4O5/c1-22-14-8-7-13(20-16(24)9-10-17(25)26)11-15(14)23(19(22)28)18(27)21-12-5-3-2-4-6-12/h2-8,11H,9-10H2,1H3,(H,20,24)(H,21,27)(H,25,26). The third-order valence-corrected chi connectivity index (χ3v) is 4.13. The second-order valence-electron chi connectivity index (χ2n) is 6.12. The molecule has 3 N–H and O–H groups in total. The van der Waals surface area contributed by atoms with E-state index in [0.29, 0.717) is 22.4 Å². The Bertz CT molecular complexity index is 1110. The van der Waals surface area contributed by atoms with Gasteiger partial charge in [0.2, 0.25) is 5.91 Å². The minimum Gasteiger partial charge on any atom is -0.481 e. The maximum Gasteiger partial charge on any atom is 0.337 e. The monoisotopic (exact) mass is 382 g/mol. The molecule has 0 fully saturated rings. The Morgan fingerprint density at radius 3 is 2.32 bits per heavy atom. The van der Waals surface area contributed by atoms with Gasteiger partial charge in [0.05, 0.1) is 17.5 Å². The molecular weight excluding hydrogens is 364 g/mol. The van der Waals surface area contributed by atoms with Crippen LogP contribution in [0.25, 0.3) is 11.0 Å². The van der Waals surface area contributed by atoms with Gasteiger partial charge in [0.1, 0.15) is 0 Å². The number of carboxylic acid groups (broad SMARTS) is 1. The summed E-state index contributed by atoms with van der Waals surface area (Å²) in [6.07, 6.45) is -0.465. The van der Waals surface area contributed by atoms with Gasteiger partial charge in [-0.25, -0.2) is 14.2 Å².